The van der Waals surface area contributed by atoms with E-state index in [2.05, 4.69) is 67.5 Å². The van der Waals surface area contributed by atoms with Crippen molar-refractivity contribution in [2.45, 2.75) is 40.3 Å². The summed E-state index contributed by atoms with van der Waals surface area (Å²) in [5, 5.41) is 6.76. The van der Waals surface area contributed by atoms with Gasteiger partial charge in [0.05, 0.1) is 25.9 Å². The largest absolute Gasteiger partial charge is 0.379 e. The molecule has 1 aliphatic rings. The lowest BCUT2D eigenvalue weighted by molar-refractivity contribution is 0.0205. The lowest BCUT2D eigenvalue weighted by Gasteiger charge is -2.30. The van der Waals surface area contributed by atoms with Gasteiger partial charge in [0.15, 0.2) is 5.96 Å². The van der Waals surface area contributed by atoms with E-state index in [0.717, 1.165) is 45.4 Å². The monoisotopic (exact) mass is 376 g/mol. The molecule has 6 heteroatoms. The minimum atomic E-state index is 0.0714. The van der Waals surface area contributed by atoms with Gasteiger partial charge < -0.3 is 25.0 Å². The number of aliphatic imine (C=N–C) groups is 1. The summed E-state index contributed by atoms with van der Waals surface area (Å²) in [6.45, 7) is 14.2. The molecular formula is C21H36N4O2. The normalized spacial score (nSPS) is 16.9. The molecule has 1 fully saturated rings. The summed E-state index contributed by atoms with van der Waals surface area (Å²) in [4.78, 5) is 7.19. The molecule has 1 unspecified atom stereocenters. The predicted molar refractivity (Wildman–Crippen MR) is 113 cm³/mol. The zero-order valence-electron chi connectivity index (χ0n) is 17.5. The number of morpholine rings is 1. The van der Waals surface area contributed by atoms with Crippen molar-refractivity contribution in [2.24, 2.45) is 10.4 Å². The number of anilines is 1. The summed E-state index contributed by atoms with van der Waals surface area (Å²) in [5.41, 5.74) is 2.56. The standard InChI is InChI=1S/C21H36N4O2/c1-6-22-20(24-16-19(26-5)21(2,3)4)23-15-17-9-7-8-10-18(17)25-11-13-27-14-12-25/h7-10,19H,6,11-16H2,1-5H3,(H2,22,23,24). The molecule has 2 N–H and O–H groups in total. The molecule has 1 heterocycles. The van der Waals surface area contributed by atoms with Gasteiger partial charge in [-0.1, -0.05) is 39.0 Å². The molecule has 0 saturated carbocycles. The van der Waals surface area contributed by atoms with Gasteiger partial charge in [0.25, 0.3) is 0 Å². The summed E-state index contributed by atoms with van der Waals surface area (Å²) in [6, 6.07) is 8.51. The zero-order chi connectivity index (χ0) is 19.7. The molecule has 6 nitrogen and oxygen atoms in total. The molecule has 27 heavy (non-hydrogen) atoms. The van der Waals surface area contributed by atoms with E-state index >= 15 is 0 Å². The molecule has 0 aromatic heterocycles. The Kier molecular flexibility index (Phi) is 8.38. The first-order valence-corrected chi connectivity index (χ1v) is 9.91. The average Bonchev–Trinajstić information content (AvgIpc) is 2.66. The molecule has 1 saturated heterocycles. The first-order valence-electron chi connectivity index (χ1n) is 9.91. The fraction of sp³-hybridized carbons (Fsp3) is 0.667. The SMILES string of the molecule is CCNC(=NCc1ccccc1N1CCOCC1)NCC(OC)C(C)(C)C. The molecule has 1 atom stereocenters. The van der Waals surface area contributed by atoms with Gasteiger partial charge >= 0.3 is 0 Å². The van der Waals surface area contributed by atoms with Crippen LogP contribution in [-0.2, 0) is 16.0 Å². The molecule has 1 aromatic rings. The summed E-state index contributed by atoms with van der Waals surface area (Å²) < 4.78 is 11.1. The van der Waals surface area contributed by atoms with Gasteiger partial charge in [0.2, 0.25) is 0 Å². The number of para-hydroxylation sites is 1. The maximum atomic E-state index is 5.64. The second-order valence-electron chi connectivity index (χ2n) is 7.89. The van der Waals surface area contributed by atoms with Gasteiger partial charge in [0.1, 0.15) is 0 Å². The van der Waals surface area contributed by atoms with Crippen molar-refractivity contribution >= 4 is 11.6 Å². The Bertz CT molecular complexity index is 592. The second kappa shape index (κ2) is 10.5. The number of hydrogen-bond acceptors (Lipinski definition) is 4. The number of benzene rings is 1. The quantitative estimate of drug-likeness (QED) is 0.566. The predicted octanol–water partition coefficient (Wildman–Crippen LogP) is 2.64. The van der Waals surface area contributed by atoms with E-state index in [-0.39, 0.29) is 11.5 Å². The van der Waals surface area contributed by atoms with Crippen LogP contribution in [0.2, 0.25) is 0 Å². The lowest BCUT2D eigenvalue weighted by atomic mass is 9.89. The summed E-state index contributed by atoms with van der Waals surface area (Å²) in [7, 11) is 1.76. The Morgan fingerprint density at radius 1 is 1.22 bits per heavy atom. The number of rotatable bonds is 7. The zero-order valence-corrected chi connectivity index (χ0v) is 17.5. The smallest absolute Gasteiger partial charge is 0.191 e. The van der Waals surface area contributed by atoms with Crippen LogP contribution in [0.4, 0.5) is 5.69 Å². The number of nitrogens with zero attached hydrogens (tertiary/aromatic N) is 2. The van der Waals surface area contributed by atoms with Gasteiger partial charge in [0, 0.05) is 39.0 Å². The van der Waals surface area contributed by atoms with E-state index < -0.39 is 0 Å². The Morgan fingerprint density at radius 3 is 2.56 bits per heavy atom. The van der Waals surface area contributed by atoms with Gasteiger partial charge in [-0.3, -0.25) is 0 Å². The van der Waals surface area contributed by atoms with E-state index in [1.54, 1.807) is 7.11 Å². The highest BCUT2D eigenvalue weighted by molar-refractivity contribution is 5.79. The fourth-order valence-electron chi connectivity index (χ4n) is 3.20. The molecule has 0 amide bonds. The van der Waals surface area contributed by atoms with Gasteiger partial charge in [-0.15, -0.1) is 0 Å². The van der Waals surface area contributed by atoms with Crippen molar-refractivity contribution in [1.29, 1.82) is 0 Å². The van der Waals surface area contributed by atoms with Gasteiger partial charge in [-0.25, -0.2) is 4.99 Å². The molecular weight excluding hydrogens is 340 g/mol. The van der Waals surface area contributed by atoms with Crippen LogP contribution in [0.15, 0.2) is 29.3 Å². The van der Waals surface area contributed by atoms with Crippen LogP contribution in [0.25, 0.3) is 0 Å². The minimum Gasteiger partial charge on any atom is -0.379 e. The molecule has 0 radical (unpaired) electrons. The highest BCUT2D eigenvalue weighted by atomic mass is 16.5. The number of ether oxygens (including phenoxy) is 2. The second-order valence-corrected chi connectivity index (χ2v) is 7.89. The van der Waals surface area contributed by atoms with E-state index in [4.69, 9.17) is 14.5 Å². The Labute approximate surface area is 164 Å². The Balaban J connectivity index is 2.06. The first kappa shape index (κ1) is 21.5. The van der Waals surface area contributed by atoms with Crippen LogP contribution < -0.4 is 15.5 Å². The van der Waals surface area contributed by atoms with E-state index in [1.807, 2.05) is 0 Å². The van der Waals surface area contributed by atoms with Crippen molar-refractivity contribution in [3.05, 3.63) is 29.8 Å². The summed E-state index contributed by atoms with van der Waals surface area (Å²) in [6.07, 6.45) is 0.113. The van der Waals surface area contributed by atoms with Crippen LogP contribution in [0, 0.1) is 5.41 Å². The number of hydrogen-bond donors (Lipinski definition) is 2. The Morgan fingerprint density at radius 2 is 1.93 bits per heavy atom. The van der Waals surface area contributed by atoms with Crippen LogP contribution in [-0.4, -0.2) is 58.6 Å². The third-order valence-electron chi connectivity index (χ3n) is 4.80. The maximum absolute atomic E-state index is 5.64. The molecule has 2 rings (SSSR count). The number of methoxy groups -OCH3 is 1. The van der Waals surface area contributed by atoms with Gasteiger partial charge in [-0.2, -0.15) is 0 Å². The topological polar surface area (TPSA) is 58.1 Å². The number of guanidine groups is 1. The highest BCUT2D eigenvalue weighted by Crippen LogP contribution is 2.23. The van der Waals surface area contributed by atoms with Crippen molar-refractivity contribution in [3.63, 3.8) is 0 Å². The molecule has 0 bridgehead atoms. The number of nitrogens with one attached hydrogen (secondary N) is 2. The van der Waals surface area contributed by atoms with Crippen LogP contribution in [0.1, 0.15) is 33.3 Å². The van der Waals surface area contributed by atoms with Crippen molar-refractivity contribution in [2.75, 3.05) is 51.4 Å². The molecule has 0 aliphatic carbocycles. The average molecular weight is 377 g/mol. The van der Waals surface area contributed by atoms with Crippen LogP contribution in [0.5, 0.6) is 0 Å². The van der Waals surface area contributed by atoms with Crippen LogP contribution in [0.3, 0.4) is 0 Å². The summed E-state index contributed by atoms with van der Waals surface area (Å²) >= 11 is 0. The molecule has 0 spiro atoms. The lowest BCUT2D eigenvalue weighted by Crippen LogP contribution is -2.45. The van der Waals surface area contributed by atoms with Gasteiger partial charge in [-0.05, 0) is 24.0 Å². The van der Waals surface area contributed by atoms with Crippen molar-refractivity contribution < 1.29 is 9.47 Å². The fourth-order valence-corrected chi connectivity index (χ4v) is 3.20. The molecule has 1 aromatic carbocycles. The van der Waals surface area contributed by atoms with Crippen LogP contribution >= 0.6 is 0 Å². The molecule has 1 aliphatic heterocycles. The van der Waals surface area contributed by atoms with E-state index in [1.165, 1.54) is 11.3 Å². The maximum Gasteiger partial charge on any atom is 0.191 e. The van der Waals surface area contributed by atoms with Crippen molar-refractivity contribution in [1.82, 2.24) is 10.6 Å². The summed E-state index contributed by atoms with van der Waals surface area (Å²) in [5.74, 6) is 0.820. The molecule has 152 valence electrons. The van der Waals surface area contributed by atoms with Crippen molar-refractivity contribution in [3.8, 4) is 0 Å². The van der Waals surface area contributed by atoms with E-state index in [0.29, 0.717) is 6.54 Å². The Hall–Kier alpha value is -1.79. The first-order chi connectivity index (χ1) is 13.0. The minimum absolute atomic E-state index is 0.0714. The third kappa shape index (κ3) is 6.70. The third-order valence-corrected chi connectivity index (χ3v) is 4.80. The van der Waals surface area contributed by atoms with E-state index in [9.17, 15) is 0 Å². The highest BCUT2D eigenvalue weighted by Gasteiger charge is 2.24.